The number of nitrogens with zero attached hydrogens (tertiary/aromatic N) is 1. The molecule has 3 nitrogen and oxygen atoms in total. The molecule has 1 fully saturated rings. The molecule has 0 spiro atoms. The second kappa shape index (κ2) is 7.11. The molecule has 0 aliphatic carbocycles. The minimum absolute atomic E-state index is 0.255. The molecule has 1 aromatic rings. The number of hydrogen-bond donors (Lipinski definition) is 1. The van der Waals surface area contributed by atoms with Gasteiger partial charge in [0.2, 0.25) is 0 Å². The van der Waals surface area contributed by atoms with Gasteiger partial charge in [-0.05, 0) is 44.0 Å². The molecule has 0 amide bonds. The van der Waals surface area contributed by atoms with E-state index in [1.807, 2.05) is 6.92 Å². The molecule has 1 aliphatic rings. The molecule has 2 atom stereocenters. The zero-order chi connectivity index (χ0) is 14.5. The molecule has 2 unspecified atom stereocenters. The van der Waals surface area contributed by atoms with Crippen molar-refractivity contribution in [2.45, 2.75) is 31.9 Å². The Bertz CT molecular complexity index is 440. The summed E-state index contributed by atoms with van der Waals surface area (Å²) in [5.74, 6) is -1.68. The van der Waals surface area contributed by atoms with Gasteiger partial charge in [-0.25, -0.2) is 8.78 Å². The first-order chi connectivity index (χ1) is 9.60. The molecule has 1 heterocycles. The lowest BCUT2D eigenvalue weighted by Gasteiger charge is -2.34. The first-order valence-corrected chi connectivity index (χ1v) is 7.14. The Hall–Kier alpha value is -1.04. The third-order valence-electron chi connectivity index (χ3n) is 3.69. The van der Waals surface area contributed by atoms with Crippen molar-refractivity contribution in [3.8, 4) is 0 Å². The zero-order valence-electron chi connectivity index (χ0n) is 11.8. The average Bonchev–Trinajstić information content (AvgIpc) is 2.42. The molecule has 5 heteroatoms. The van der Waals surface area contributed by atoms with Crippen LogP contribution >= 0.6 is 0 Å². The fourth-order valence-electron chi connectivity index (χ4n) is 2.68. The van der Waals surface area contributed by atoms with E-state index in [-0.39, 0.29) is 12.1 Å². The normalized spacial score (nSPS) is 21.9. The fraction of sp³-hybridized carbons (Fsp3) is 0.600. The number of benzene rings is 1. The molecule has 2 N–H and O–H groups in total. The maximum Gasteiger partial charge on any atom is 0.159 e. The molecule has 20 heavy (non-hydrogen) atoms. The predicted molar refractivity (Wildman–Crippen MR) is 74.4 cm³/mol. The minimum Gasteiger partial charge on any atom is -0.377 e. The van der Waals surface area contributed by atoms with Gasteiger partial charge in [0.15, 0.2) is 11.6 Å². The molecule has 1 aromatic carbocycles. The lowest BCUT2D eigenvalue weighted by molar-refractivity contribution is 0.00448. The first-order valence-electron chi connectivity index (χ1n) is 7.14. The van der Waals surface area contributed by atoms with Gasteiger partial charge >= 0.3 is 0 Å². The van der Waals surface area contributed by atoms with E-state index in [9.17, 15) is 8.78 Å². The van der Waals surface area contributed by atoms with Crippen LogP contribution in [0.3, 0.4) is 0 Å². The summed E-state index contributed by atoms with van der Waals surface area (Å²) in [5.41, 5.74) is 6.72. The highest BCUT2D eigenvalue weighted by atomic mass is 19.2. The fourth-order valence-corrected chi connectivity index (χ4v) is 2.68. The van der Waals surface area contributed by atoms with Crippen molar-refractivity contribution in [3.05, 3.63) is 35.4 Å². The van der Waals surface area contributed by atoms with Crippen LogP contribution in [-0.4, -0.2) is 37.2 Å². The van der Waals surface area contributed by atoms with Gasteiger partial charge in [-0.3, -0.25) is 4.90 Å². The molecule has 1 aliphatic heterocycles. The Morgan fingerprint density at radius 1 is 1.40 bits per heavy atom. The van der Waals surface area contributed by atoms with Crippen LogP contribution in [0.4, 0.5) is 8.78 Å². The van der Waals surface area contributed by atoms with Crippen molar-refractivity contribution < 1.29 is 13.5 Å². The molecule has 0 saturated carbocycles. The van der Waals surface area contributed by atoms with Gasteiger partial charge in [0.1, 0.15) is 0 Å². The van der Waals surface area contributed by atoms with E-state index in [1.165, 1.54) is 6.07 Å². The lowest BCUT2D eigenvalue weighted by atomic mass is 10.0. The largest absolute Gasteiger partial charge is 0.377 e. The van der Waals surface area contributed by atoms with Gasteiger partial charge in [0.25, 0.3) is 0 Å². The van der Waals surface area contributed by atoms with Crippen LogP contribution in [0.5, 0.6) is 0 Å². The Kier molecular flexibility index (Phi) is 5.46. The molecule has 112 valence electrons. The van der Waals surface area contributed by atoms with Gasteiger partial charge in [-0.15, -0.1) is 0 Å². The Morgan fingerprint density at radius 3 is 2.90 bits per heavy atom. The zero-order valence-corrected chi connectivity index (χ0v) is 11.8. The van der Waals surface area contributed by atoms with Gasteiger partial charge in [-0.2, -0.15) is 0 Å². The standard InChI is InChI=1S/C15H22F2N2O/c1-2-20-12-4-3-7-19(9-12)10-15(18)11-5-6-13(16)14(17)8-11/h5-6,8,12,15H,2-4,7,9-10,18H2,1H3. The third kappa shape index (κ3) is 3.98. The molecular formula is C15H22F2N2O. The van der Waals surface area contributed by atoms with Crippen LogP contribution in [0, 0.1) is 11.6 Å². The molecule has 0 bridgehead atoms. The number of hydrogen-bond acceptors (Lipinski definition) is 3. The monoisotopic (exact) mass is 284 g/mol. The highest BCUT2D eigenvalue weighted by Crippen LogP contribution is 2.19. The number of piperidine rings is 1. The lowest BCUT2D eigenvalue weighted by Crippen LogP contribution is -2.42. The second-order valence-electron chi connectivity index (χ2n) is 5.26. The summed E-state index contributed by atoms with van der Waals surface area (Å²) in [4.78, 5) is 2.23. The molecule has 1 saturated heterocycles. The van der Waals surface area contributed by atoms with E-state index in [1.54, 1.807) is 6.07 Å². The maximum absolute atomic E-state index is 13.2. The van der Waals surface area contributed by atoms with Crippen molar-refractivity contribution in [1.82, 2.24) is 4.90 Å². The van der Waals surface area contributed by atoms with Crippen LogP contribution in [0.2, 0.25) is 0 Å². The Morgan fingerprint density at radius 2 is 2.20 bits per heavy atom. The molecular weight excluding hydrogens is 262 g/mol. The van der Waals surface area contributed by atoms with Gasteiger partial charge in [0.05, 0.1) is 6.10 Å². The quantitative estimate of drug-likeness (QED) is 0.902. The second-order valence-corrected chi connectivity index (χ2v) is 5.26. The summed E-state index contributed by atoms with van der Waals surface area (Å²) in [6.07, 6.45) is 2.41. The average molecular weight is 284 g/mol. The third-order valence-corrected chi connectivity index (χ3v) is 3.69. The number of halogens is 2. The van der Waals surface area contributed by atoms with Gasteiger partial charge < -0.3 is 10.5 Å². The molecule has 0 aromatic heterocycles. The van der Waals surface area contributed by atoms with Crippen molar-refractivity contribution in [2.75, 3.05) is 26.2 Å². The predicted octanol–water partition coefficient (Wildman–Crippen LogP) is 2.47. The topological polar surface area (TPSA) is 38.5 Å². The van der Waals surface area contributed by atoms with Crippen LogP contribution < -0.4 is 5.73 Å². The number of rotatable bonds is 5. The number of nitrogens with two attached hydrogens (primary N) is 1. The van der Waals surface area contributed by atoms with E-state index >= 15 is 0 Å². The molecule has 2 rings (SSSR count). The highest BCUT2D eigenvalue weighted by Gasteiger charge is 2.22. The van der Waals surface area contributed by atoms with Crippen LogP contribution in [0.25, 0.3) is 0 Å². The summed E-state index contributed by atoms with van der Waals surface area (Å²) in [6, 6.07) is 3.55. The number of ether oxygens (including phenoxy) is 1. The van der Waals surface area contributed by atoms with Crippen LogP contribution in [-0.2, 0) is 4.74 Å². The summed E-state index contributed by atoms with van der Waals surface area (Å²) in [7, 11) is 0. The maximum atomic E-state index is 13.2. The van der Waals surface area contributed by atoms with Crippen LogP contribution in [0.15, 0.2) is 18.2 Å². The van der Waals surface area contributed by atoms with Crippen molar-refractivity contribution >= 4 is 0 Å². The summed E-state index contributed by atoms with van der Waals surface area (Å²) < 4.78 is 31.8. The van der Waals surface area contributed by atoms with E-state index in [0.717, 1.165) is 32.0 Å². The van der Waals surface area contributed by atoms with Crippen molar-refractivity contribution in [3.63, 3.8) is 0 Å². The van der Waals surface area contributed by atoms with E-state index < -0.39 is 11.6 Å². The van der Waals surface area contributed by atoms with E-state index in [2.05, 4.69) is 4.90 Å². The molecule has 0 radical (unpaired) electrons. The van der Waals surface area contributed by atoms with E-state index in [4.69, 9.17) is 10.5 Å². The van der Waals surface area contributed by atoms with Gasteiger partial charge in [0, 0.05) is 25.7 Å². The van der Waals surface area contributed by atoms with E-state index in [0.29, 0.717) is 18.7 Å². The Labute approximate surface area is 118 Å². The summed E-state index contributed by atoms with van der Waals surface area (Å²) in [5, 5.41) is 0. The first kappa shape index (κ1) is 15.4. The minimum atomic E-state index is -0.844. The summed E-state index contributed by atoms with van der Waals surface area (Å²) >= 11 is 0. The summed E-state index contributed by atoms with van der Waals surface area (Å²) in [6.45, 7) is 5.17. The SMILES string of the molecule is CCOC1CCCN(CC(N)c2ccc(F)c(F)c2)C1. The van der Waals surface area contributed by atoms with Gasteiger partial charge in [-0.1, -0.05) is 6.07 Å². The highest BCUT2D eigenvalue weighted by molar-refractivity contribution is 5.21. The smallest absolute Gasteiger partial charge is 0.159 e. The van der Waals surface area contributed by atoms with Crippen molar-refractivity contribution in [1.29, 1.82) is 0 Å². The Balaban J connectivity index is 1.93. The van der Waals surface area contributed by atoms with Crippen LogP contribution in [0.1, 0.15) is 31.4 Å². The van der Waals surface area contributed by atoms with Crippen molar-refractivity contribution in [2.24, 2.45) is 5.73 Å². The number of likely N-dealkylation sites (tertiary alicyclic amines) is 1.